The average Bonchev–Trinajstić information content (AvgIpc) is 3.33. The van der Waals surface area contributed by atoms with Crippen LogP contribution in [-0.2, 0) is 9.47 Å². The highest BCUT2D eigenvalue weighted by Gasteiger charge is 2.11. The van der Waals surface area contributed by atoms with Crippen molar-refractivity contribution < 1.29 is 29.3 Å². The molecule has 5 aromatic rings. The Morgan fingerprint density at radius 2 is 1.02 bits per heavy atom. The number of carbonyl (C=O) groups is 3. The van der Waals surface area contributed by atoms with Gasteiger partial charge in [-0.1, -0.05) is 127 Å². The Bertz CT molecular complexity index is 2180. The fourth-order valence-corrected chi connectivity index (χ4v) is 5.53. The molecule has 0 aromatic heterocycles. The van der Waals surface area contributed by atoms with Crippen LogP contribution >= 0.6 is 36.7 Å². The van der Waals surface area contributed by atoms with Crippen LogP contribution in [0, 0.1) is 0 Å². The van der Waals surface area contributed by atoms with Crippen LogP contribution in [0.2, 0.25) is 0 Å². The largest absolute Gasteiger partial charge is 0.465 e. The summed E-state index contributed by atoms with van der Waals surface area (Å²) >= 11 is 14.6. The summed E-state index contributed by atoms with van der Waals surface area (Å²) in [4.78, 5) is 37.1. The van der Waals surface area contributed by atoms with Crippen molar-refractivity contribution in [1.82, 2.24) is 21.5 Å². The van der Waals surface area contributed by atoms with Crippen LogP contribution in [0.15, 0.2) is 150 Å². The van der Waals surface area contributed by atoms with Crippen molar-refractivity contribution in [3.05, 3.63) is 178 Å². The van der Waals surface area contributed by atoms with Gasteiger partial charge >= 0.3 is 11.9 Å². The van der Waals surface area contributed by atoms with E-state index in [1.54, 1.807) is 42.5 Å². The Morgan fingerprint density at radius 1 is 0.635 bits per heavy atom. The zero-order valence-corrected chi connectivity index (χ0v) is 38.0. The molecule has 12 N–H and O–H groups in total. The zero-order chi connectivity index (χ0) is 46.1. The first-order valence-corrected chi connectivity index (χ1v) is 19.9. The molecule has 0 amide bonds. The summed E-state index contributed by atoms with van der Waals surface area (Å²) in [5.41, 5.74) is 10.4. The predicted molar refractivity (Wildman–Crippen MR) is 262 cm³/mol. The summed E-state index contributed by atoms with van der Waals surface area (Å²) < 4.78 is 9.23. The second-order valence-electron chi connectivity index (χ2n) is 12.3. The number of nitrogens with zero attached hydrogens (tertiary/aromatic N) is 2. The van der Waals surface area contributed by atoms with Gasteiger partial charge in [0.25, 0.3) is 0 Å². The lowest BCUT2D eigenvalue weighted by molar-refractivity contribution is 0.0591. The van der Waals surface area contributed by atoms with Gasteiger partial charge in [0.15, 0.2) is 16.5 Å². The monoisotopic (exact) mass is 913 g/mol. The van der Waals surface area contributed by atoms with Gasteiger partial charge in [-0.25, -0.2) is 20.4 Å². The van der Waals surface area contributed by atoms with E-state index in [9.17, 15) is 14.4 Å². The molecule has 0 saturated carbocycles. The lowest BCUT2D eigenvalue weighted by atomic mass is 10.1. The van der Waals surface area contributed by atoms with Crippen molar-refractivity contribution >= 4 is 76.5 Å². The fraction of sp³-hybridized carbons (Fsp3) is 0.178. The molecular weight excluding hydrogens is 859 g/mol. The number of hydrogen-bond acceptors (Lipinski definition) is 13. The molecule has 15 nitrogen and oxygen atoms in total. The standard InChI is InChI=1S/C18H19N3O2S.C9H13N3S.C9H9NS.C9H8O3.H4N2.H2O/c1-13(14-8-4-3-5-9-14)20-18(24)21-19-12-15-10-6-7-11-16(15)17(22)23-2;1-7(11-9(13)12-10)8-5-3-2-4-6-8;1-8(10-7-11)9-5-3-2-4-6-9;1-12-9(11)8-5-3-2-4-7(8)6-10;1-2;/h3-13H,1-2H3,(H2,20,21,24);2-7H,10H2,1H3,(H2,11,12,13);2-6,8H,1H3;2-6H,1H3;1-2H2;1H2/b19-12+;;;;;/t13-;7-;8-;;;/m111.../s1. The minimum absolute atomic E-state index is 0. The Morgan fingerprint density at radius 3 is 1.43 bits per heavy atom. The molecule has 5 rings (SSSR count). The smallest absolute Gasteiger partial charge is 0.338 e. The SMILES string of the molecule is COC(=O)c1ccccc1/C=N/NC(=S)N[C@H](C)c1ccccc1.COC(=O)c1ccccc1C=O.C[C@@H](N=C=S)c1ccccc1.C[C@@H](NC(=S)NN)c1ccccc1.NN.O. The van der Waals surface area contributed by atoms with Gasteiger partial charge in [0.2, 0.25) is 0 Å². The highest BCUT2D eigenvalue weighted by atomic mass is 32.1. The average molecular weight is 914 g/mol. The van der Waals surface area contributed by atoms with Gasteiger partial charge in [0.1, 0.15) is 0 Å². The van der Waals surface area contributed by atoms with Crippen molar-refractivity contribution in [1.29, 1.82) is 0 Å². The number of benzene rings is 5. The minimum Gasteiger partial charge on any atom is -0.465 e. The third kappa shape index (κ3) is 22.2. The number of methoxy groups -OCH3 is 2. The van der Waals surface area contributed by atoms with Gasteiger partial charge < -0.3 is 31.0 Å². The van der Waals surface area contributed by atoms with E-state index in [-0.39, 0.29) is 23.6 Å². The number of hydrazone groups is 1. The molecule has 0 saturated heterocycles. The molecule has 0 unspecified atom stereocenters. The Balaban J connectivity index is 0.000000846. The molecule has 63 heavy (non-hydrogen) atoms. The predicted octanol–water partition coefficient (Wildman–Crippen LogP) is 6.25. The molecule has 0 aliphatic rings. The second kappa shape index (κ2) is 34.0. The van der Waals surface area contributed by atoms with Crippen LogP contribution < -0.4 is 39.0 Å². The molecular formula is C45H55N9O6S3. The normalized spacial score (nSPS) is 10.8. The number of thiocarbonyl (C=S) groups is 3. The van der Waals surface area contributed by atoms with E-state index in [0.29, 0.717) is 38.8 Å². The second-order valence-corrected chi connectivity index (χ2v) is 13.3. The number of nitrogens with two attached hydrogens (primary N) is 3. The number of aldehydes is 1. The van der Waals surface area contributed by atoms with E-state index >= 15 is 0 Å². The number of ether oxygens (including phenoxy) is 2. The summed E-state index contributed by atoms with van der Waals surface area (Å²) in [7, 11) is 2.63. The van der Waals surface area contributed by atoms with Crippen molar-refractivity contribution in [2.45, 2.75) is 38.9 Å². The molecule has 0 radical (unpaired) electrons. The summed E-state index contributed by atoms with van der Waals surface area (Å²) in [5.74, 6) is 12.2. The number of hydrogen-bond donors (Lipinski definition) is 7. The summed E-state index contributed by atoms with van der Waals surface area (Å²) in [6.45, 7) is 6.03. The summed E-state index contributed by atoms with van der Waals surface area (Å²) in [5, 5.41) is 13.5. The minimum atomic E-state index is -0.488. The van der Waals surface area contributed by atoms with Crippen LogP contribution in [0.1, 0.15) is 92.2 Å². The Hall–Kier alpha value is -6.60. The van der Waals surface area contributed by atoms with Gasteiger partial charge in [-0.2, -0.15) is 5.10 Å². The Kier molecular flexibility index (Phi) is 30.5. The van der Waals surface area contributed by atoms with Gasteiger partial charge in [-0.3, -0.25) is 21.9 Å². The Labute approximate surface area is 384 Å². The number of hydrazine groups is 2. The van der Waals surface area contributed by atoms with Gasteiger partial charge in [-0.05, 0) is 86.2 Å². The lowest BCUT2D eigenvalue weighted by Gasteiger charge is -2.15. The quantitative estimate of drug-likeness (QED) is 0.0193. The van der Waals surface area contributed by atoms with E-state index < -0.39 is 11.9 Å². The number of aliphatic imine (C=N–C) groups is 1. The number of isothiocyanates is 1. The van der Waals surface area contributed by atoms with Crippen molar-refractivity contribution in [3.8, 4) is 0 Å². The van der Waals surface area contributed by atoms with E-state index in [4.69, 9.17) is 35.0 Å². The fourth-order valence-electron chi connectivity index (χ4n) is 4.96. The molecule has 0 heterocycles. The highest BCUT2D eigenvalue weighted by molar-refractivity contribution is 7.80. The van der Waals surface area contributed by atoms with Crippen molar-refractivity contribution in [2.75, 3.05) is 14.2 Å². The van der Waals surface area contributed by atoms with E-state index in [2.05, 4.69) is 65.4 Å². The summed E-state index contributed by atoms with van der Waals surface area (Å²) in [6, 6.07) is 43.9. The molecule has 0 bridgehead atoms. The van der Waals surface area contributed by atoms with E-state index in [1.165, 1.54) is 31.6 Å². The number of nitrogens with one attached hydrogen (secondary N) is 4. The molecule has 5 aromatic carbocycles. The molecule has 18 heteroatoms. The topological polar surface area (TPSA) is 252 Å². The zero-order valence-electron chi connectivity index (χ0n) is 35.6. The summed E-state index contributed by atoms with van der Waals surface area (Å²) in [6.07, 6.45) is 2.17. The molecule has 0 aliphatic heterocycles. The van der Waals surface area contributed by atoms with Crippen molar-refractivity contribution in [2.24, 2.45) is 27.6 Å². The van der Waals surface area contributed by atoms with E-state index in [0.717, 1.165) is 5.56 Å². The third-order valence-corrected chi connectivity index (χ3v) is 8.73. The maximum Gasteiger partial charge on any atom is 0.338 e. The van der Waals surface area contributed by atoms with E-state index in [1.807, 2.05) is 118 Å². The third-order valence-electron chi connectivity index (χ3n) is 8.18. The molecule has 0 spiro atoms. The molecule has 0 fully saturated rings. The lowest BCUT2D eigenvalue weighted by Crippen LogP contribution is -2.40. The number of rotatable bonds is 11. The maximum atomic E-state index is 11.7. The maximum absolute atomic E-state index is 11.7. The van der Waals surface area contributed by atoms with Gasteiger partial charge in [-0.15, -0.1) is 0 Å². The van der Waals surface area contributed by atoms with Crippen LogP contribution in [0.5, 0.6) is 0 Å². The number of carbonyl (C=O) groups excluding carboxylic acids is 3. The molecule has 0 aliphatic carbocycles. The van der Waals surface area contributed by atoms with Gasteiger partial charge in [0, 0.05) is 11.1 Å². The first kappa shape index (κ1) is 56.4. The van der Waals surface area contributed by atoms with Crippen LogP contribution in [0.3, 0.4) is 0 Å². The first-order chi connectivity index (χ1) is 30.0. The van der Waals surface area contributed by atoms with Crippen LogP contribution in [0.25, 0.3) is 0 Å². The number of esters is 2. The van der Waals surface area contributed by atoms with Crippen molar-refractivity contribution in [3.63, 3.8) is 0 Å². The van der Waals surface area contributed by atoms with Crippen LogP contribution in [0.4, 0.5) is 0 Å². The molecule has 334 valence electrons. The van der Waals surface area contributed by atoms with Gasteiger partial charge in [0.05, 0.1) is 54.8 Å². The first-order valence-electron chi connectivity index (χ1n) is 18.7. The molecule has 3 atom stereocenters. The van der Waals surface area contributed by atoms with Crippen LogP contribution in [-0.4, -0.2) is 59.5 Å². The highest BCUT2D eigenvalue weighted by Crippen LogP contribution is 2.15.